The first-order valence-corrected chi connectivity index (χ1v) is 6.76. The van der Waals surface area contributed by atoms with Crippen molar-refractivity contribution < 1.29 is 4.74 Å². The van der Waals surface area contributed by atoms with E-state index in [1.807, 2.05) is 32.3 Å². The van der Waals surface area contributed by atoms with Gasteiger partial charge in [0.2, 0.25) is 0 Å². The molecule has 0 amide bonds. The molecule has 0 bridgehead atoms. The van der Waals surface area contributed by atoms with E-state index >= 15 is 0 Å². The summed E-state index contributed by atoms with van der Waals surface area (Å²) in [5, 5.41) is 3.47. The maximum Gasteiger partial charge on any atom is 0.128 e. The van der Waals surface area contributed by atoms with Crippen LogP contribution >= 0.6 is 0 Å². The molecule has 1 atom stereocenters. The van der Waals surface area contributed by atoms with Gasteiger partial charge in [0.15, 0.2) is 0 Å². The van der Waals surface area contributed by atoms with Crippen molar-refractivity contribution in [3.63, 3.8) is 0 Å². The Morgan fingerprint density at radius 2 is 2.10 bits per heavy atom. The molecule has 0 saturated carbocycles. The number of aryl methyl sites for hydroxylation is 1. The lowest BCUT2D eigenvalue weighted by Crippen LogP contribution is -2.19. The molecular formula is C16H21N3O. The van der Waals surface area contributed by atoms with Crippen LogP contribution in [0.4, 0.5) is 0 Å². The Kier molecular flexibility index (Phi) is 4.69. The summed E-state index contributed by atoms with van der Waals surface area (Å²) < 4.78 is 5.43. The SMILES string of the molecule is COc1c(C)cnc(CN[C@H](C)c2cccnc2)c1C. The molecule has 0 aromatic carbocycles. The molecule has 0 aliphatic carbocycles. The minimum absolute atomic E-state index is 0.234. The number of pyridine rings is 2. The topological polar surface area (TPSA) is 47.0 Å². The zero-order valence-corrected chi connectivity index (χ0v) is 12.5. The van der Waals surface area contributed by atoms with Crippen molar-refractivity contribution in [3.05, 3.63) is 53.1 Å². The van der Waals surface area contributed by atoms with Crippen molar-refractivity contribution in [2.45, 2.75) is 33.4 Å². The third-order valence-electron chi connectivity index (χ3n) is 3.51. The Hall–Kier alpha value is -1.94. The number of hydrogen-bond acceptors (Lipinski definition) is 4. The summed E-state index contributed by atoms with van der Waals surface area (Å²) in [5.41, 5.74) is 4.35. The average molecular weight is 271 g/mol. The lowest BCUT2D eigenvalue weighted by Gasteiger charge is -2.16. The number of ether oxygens (including phenoxy) is 1. The Balaban J connectivity index is 2.08. The van der Waals surface area contributed by atoms with E-state index in [2.05, 4.69) is 28.3 Å². The summed E-state index contributed by atoms with van der Waals surface area (Å²) in [6, 6.07) is 4.25. The first-order chi connectivity index (χ1) is 9.63. The average Bonchev–Trinajstić information content (AvgIpc) is 2.47. The minimum atomic E-state index is 0.234. The highest BCUT2D eigenvalue weighted by molar-refractivity contribution is 5.41. The molecule has 0 saturated heterocycles. The van der Waals surface area contributed by atoms with Gasteiger partial charge >= 0.3 is 0 Å². The molecule has 4 heteroatoms. The Labute approximate surface area is 120 Å². The highest BCUT2D eigenvalue weighted by atomic mass is 16.5. The van der Waals surface area contributed by atoms with Crippen LogP contribution in [0.25, 0.3) is 0 Å². The van der Waals surface area contributed by atoms with Crippen LogP contribution in [0.2, 0.25) is 0 Å². The molecule has 2 aromatic rings. The van der Waals surface area contributed by atoms with Gasteiger partial charge in [-0.3, -0.25) is 9.97 Å². The van der Waals surface area contributed by atoms with E-state index in [0.29, 0.717) is 6.54 Å². The molecule has 2 aromatic heterocycles. The van der Waals surface area contributed by atoms with Crippen LogP contribution in [-0.4, -0.2) is 17.1 Å². The molecule has 0 radical (unpaired) electrons. The van der Waals surface area contributed by atoms with Crippen LogP contribution in [0.3, 0.4) is 0 Å². The van der Waals surface area contributed by atoms with Gasteiger partial charge in [-0.2, -0.15) is 0 Å². The molecule has 0 fully saturated rings. The maximum absolute atomic E-state index is 5.43. The van der Waals surface area contributed by atoms with E-state index in [1.54, 1.807) is 13.3 Å². The molecule has 0 spiro atoms. The lowest BCUT2D eigenvalue weighted by molar-refractivity contribution is 0.406. The second kappa shape index (κ2) is 6.48. The van der Waals surface area contributed by atoms with Crippen LogP contribution in [-0.2, 0) is 6.54 Å². The van der Waals surface area contributed by atoms with Crippen LogP contribution in [0.5, 0.6) is 5.75 Å². The molecular weight excluding hydrogens is 250 g/mol. The summed E-state index contributed by atoms with van der Waals surface area (Å²) in [4.78, 5) is 8.64. The zero-order chi connectivity index (χ0) is 14.5. The smallest absolute Gasteiger partial charge is 0.128 e. The number of nitrogens with one attached hydrogen (secondary N) is 1. The first kappa shape index (κ1) is 14.5. The van der Waals surface area contributed by atoms with E-state index in [-0.39, 0.29) is 6.04 Å². The summed E-state index contributed by atoms with van der Waals surface area (Å²) >= 11 is 0. The lowest BCUT2D eigenvalue weighted by atomic mass is 10.1. The van der Waals surface area contributed by atoms with Crippen molar-refractivity contribution in [3.8, 4) is 5.75 Å². The second-order valence-corrected chi connectivity index (χ2v) is 4.94. The zero-order valence-electron chi connectivity index (χ0n) is 12.5. The number of rotatable bonds is 5. The van der Waals surface area contributed by atoms with Gasteiger partial charge in [0, 0.05) is 42.3 Å². The number of methoxy groups -OCH3 is 1. The van der Waals surface area contributed by atoms with Gasteiger partial charge < -0.3 is 10.1 Å². The normalized spacial score (nSPS) is 12.2. The van der Waals surface area contributed by atoms with Gasteiger partial charge in [-0.25, -0.2) is 0 Å². The first-order valence-electron chi connectivity index (χ1n) is 6.76. The Morgan fingerprint density at radius 3 is 2.75 bits per heavy atom. The second-order valence-electron chi connectivity index (χ2n) is 4.94. The molecule has 4 nitrogen and oxygen atoms in total. The van der Waals surface area contributed by atoms with Gasteiger partial charge in [0.1, 0.15) is 5.75 Å². The van der Waals surface area contributed by atoms with Gasteiger partial charge in [0.05, 0.1) is 12.8 Å². The third kappa shape index (κ3) is 3.14. The van der Waals surface area contributed by atoms with E-state index in [0.717, 1.165) is 22.6 Å². The Morgan fingerprint density at radius 1 is 1.30 bits per heavy atom. The van der Waals surface area contributed by atoms with E-state index < -0.39 is 0 Å². The predicted octanol–water partition coefficient (Wildman–Crippen LogP) is 2.95. The third-order valence-corrected chi connectivity index (χ3v) is 3.51. The van der Waals surface area contributed by atoms with Crippen LogP contribution in [0, 0.1) is 13.8 Å². The summed E-state index contributed by atoms with van der Waals surface area (Å²) in [6.07, 6.45) is 5.53. The molecule has 0 aliphatic rings. The van der Waals surface area contributed by atoms with Crippen molar-refractivity contribution in [1.29, 1.82) is 0 Å². The van der Waals surface area contributed by atoms with Crippen molar-refractivity contribution in [1.82, 2.24) is 15.3 Å². The van der Waals surface area contributed by atoms with E-state index in [9.17, 15) is 0 Å². The predicted molar refractivity (Wildman–Crippen MR) is 79.8 cm³/mol. The molecule has 0 unspecified atom stereocenters. The van der Waals surface area contributed by atoms with Crippen molar-refractivity contribution in [2.24, 2.45) is 0 Å². The van der Waals surface area contributed by atoms with E-state index in [4.69, 9.17) is 4.74 Å². The van der Waals surface area contributed by atoms with Crippen LogP contribution in [0.1, 0.15) is 35.3 Å². The van der Waals surface area contributed by atoms with E-state index in [1.165, 1.54) is 5.56 Å². The van der Waals surface area contributed by atoms with Gasteiger partial charge in [-0.1, -0.05) is 6.07 Å². The molecule has 1 N–H and O–H groups in total. The van der Waals surface area contributed by atoms with Gasteiger partial charge in [-0.05, 0) is 32.4 Å². The molecule has 2 rings (SSSR count). The summed E-state index contributed by atoms with van der Waals surface area (Å²) in [5.74, 6) is 0.922. The van der Waals surface area contributed by atoms with Crippen molar-refractivity contribution >= 4 is 0 Å². The minimum Gasteiger partial charge on any atom is -0.496 e. The summed E-state index contributed by atoms with van der Waals surface area (Å²) in [6.45, 7) is 6.88. The molecule has 0 aliphatic heterocycles. The molecule has 20 heavy (non-hydrogen) atoms. The summed E-state index contributed by atoms with van der Waals surface area (Å²) in [7, 11) is 1.70. The van der Waals surface area contributed by atoms with Gasteiger partial charge in [-0.15, -0.1) is 0 Å². The maximum atomic E-state index is 5.43. The standard InChI is InChI=1S/C16H21N3O/c1-11-8-19-15(12(2)16(11)20-4)10-18-13(3)14-6-5-7-17-9-14/h5-9,13,18H,10H2,1-4H3/t13-/m1/s1. The highest BCUT2D eigenvalue weighted by Crippen LogP contribution is 2.24. The monoisotopic (exact) mass is 271 g/mol. The van der Waals surface area contributed by atoms with Gasteiger partial charge in [0.25, 0.3) is 0 Å². The molecule has 2 heterocycles. The Bertz CT molecular complexity index is 569. The number of aromatic nitrogens is 2. The quantitative estimate of drug-likeness (QED) is 0.908. The fourth-order valence-electron chi connectivity index (χ4n) is 2.25. The fraction of sp³-hybridized carbons (Fsp3) is 0.375. The highest BCUT2D eigenvalue weighted by Gasteiger charge is 2.11. The van der Waals surface area contributed by atoms with Crippen molar-refractivity contribution in [2.75, 3.05) is 7.11 Å². The number of nitrogens with zero attached hydrogens (tertiary/aromatic N) is 2. The number of hydrogen-bond donors (Lipinski definition) is 1. The largest absolute Gasteiger partial charge is 0.496 e. The fourth-order valence-corrected chi connectivity index (χ4v) is 2.25. The van der Waals surface area contributed by atoms with Crippen LogP contribution in [0.15, 0.2) is 30.7 Å². The van der Waals surface area contributed by atoms with Crippen LogP contribution < -0.4 is 10.1 Å². The molecule has 106 valence electrons.